The molecule has 7 nitrogen and oxygen atoms in total. The summed E-state index contributed by atoms with van der Waals surface area (Å²) in [6.45, 7) is 2.55. The van der Waals surface area contributed by atoms with Gasteiger partial charge < -0.3 is 9.64 Å². The maximum Gasteiger partial charge on any atom is 0.343 e. The molecular formula is C15H20N4O3S2. The van der Waals surface area contributed by atoms with E-state index in [2.05, 4.69) is 21.6 Å². The van der Waals surface area contributed by atoms with Gasteiger partial charge in [-0.3, -0.25) is 9.36 Å². The van der Waals surface area contributed by atoms with Crippen LogP contribution in [0.15, 0.2) is 21.4 Å². The molecule has 0 unspecified atom stereocenters. The van der Waals surface area contributed by atoms with Crippen molar-refractivity contribution in [3.05, 3.63) is 32.4 Å². The lowest BCUT2D eigenvalue weighted by molar-refractivity contribution is -0.129. The van der Waals surface area contributed by atoms with Crippen LogP contribution in [0.3, 0.4) is 0 Å². The summed E-state index contributed by atoms with van der Waals surface area (Å²) in [4.78, 5) is 27.5. The Morgan fingerprint density at radius 1 is 1.54 bits per heavy atom. The summed E-state index contributed by atoms with van der Waals surface area (Å²) in [5.74, 6) is 0.365. The van der Waals surface area contributed by atoms with Crippen LogP contribution in [0.2, 0.25) is 0 Å². The lowest BCUT2D eigenvalue weighted by Crippen LogP contribution is -2.36. The molecule has 9 heteroatoms. The number of rotatable bonds is 7. The molecule has 3 heterocycles. The molecule has 0 saturated heterocycles. The zero-order valence-corrected chi connectivity index (χ0v) is 15.1. The van der Waals surface area contributed by atoms with Gasteiger partial charge in [-0.15, -0.1) is 16.4 Å². The number of nitrogens with one attached hydrogen (secondary N) is 1. The van der Waals surface area contributed by atoms with Gasteiger partial charge in [-0.1, -0.05) is 11.8 Å². The van der Waals surface area contributed by atoms with Crippen molar-refractivity contribution in [3.63, 3.8) is 0 Å². The van der Waals surface area contributed by atoms with E-state index in [-0.39, 0.29) is 17.3 Å². The number of hydrogen-bond acceptors (Lipinski definition) is 6. The first kappa shape index (κ1) is 17.2. The number of hydrogen-bond donors (Lipinski definition) is 1. The van der Waals surface area contributed by atoms with Gasteiger partial charge in [-0.05, 0) is 29.9 Å². The third-order valence-electron chi connectivity index (χ3n) is 3.94. The van der Waals surface area contributed by atoms with E-state index in [4.69, 9.17) is 4.74 Å². The molecule has 3 rings (SSSR count). The lowest BCUT2D eigenvalue weighted by atomic mass is 10.1. The third kappa shape index (κ3) is 3.90. The molecule has 1 aliphatic rings. The summed E-state index contributed by atoms with van der Waals surface area (Å²) in [5, 5.41) is 9.10. The van der Waals surface area contributed by atoms with Gasteiger partial charge in [0.15, 0.2) is 5.16 Å². The van der Waals surface area contributed by atoms with E-state index in [1.165, 1.54) is 22.2 Å². The van der Waals surface area contributed by atoms with Gasteiger partial charge in [0.1, 0.15) is 0 Å². The summed E-state index contributed by atoms with van der Waals surface area (Å²) >= 11 is 3.06. The second kappa shape index (κ2) is 8.00. The van der Waals surface area contributed by atoms with Crippen molar-refractivity contribution in [2.75, 3.05) is 26.0 Å². The van der Waals surface area contributed by atoms with Crippen molar-refractivity contribution in [2.45, 2.75) is 31.1 Å². The quantitative estimate of drug-likeness (QED) is 0.589. The number of fused-ring (bicyclic) bond motifs is 1. The molecular weight excluding hydrogens is 348 g/mol. The maximum atomic E-state index is 12.4. The van der Waals surface area contributed by atoms with Crippen molar-refractivity contribution in [2.24, 2.45) is 0 Å². The molecule has 24 heavy (non-hydrogen) atoms. The molecule has 130 valence electrons. The van der Waals surface area contributed by atoms with Crippen molar-refractivity contribution in [3.8, 4) is 0 Å². The van der Waals surface area contributed by atoms with Crippen molar-refractivity contribution >= 4 is 29.0 Å². The molecule has 2 aromatic heterocycles. The standard InChI is InChI=1S/C15H20N4O3S2/c1-22-7-2-5-19-14(21)16-17-15(19)24-10-13(20)18-6-3-12-11(9-18)4-8-23-12/h4,8H,2-3,5-7,9-10H2,1H3,(H,16,21). The normalized spacial score (nSPS) is 14.0. The third-order valence-corrected chi connectivity index (χ3v) is 5.92. The van der Waals surface area contributed by atoms with E-state index < -0.39 is 0 Å². The number of thiophene rings is 1. The van der Waals surface area contributed by atoms with Gasteiger partial charge in [-0.25, -0.2) is 9.89 Å². The highest BCUT2D eigenvalue weighted by molar-refractivity contribution is 7.99. The van der Waals surface area contributed by atoms with Crippen molar-refractivity contribution in [1.82, 2.24) is 19.7 Å². The van der Waals surface area contributed by atoms with E-state index in [1.54, 1.807) is 23.0 Å². The molecule has 1 N–H and O–H groups in total. The zero-order chi connectivity index (χ0) is 16.9. The van der Waals surface area contributed by atoms with Crippen LogP contribution in [0.1, 0.15) is 16.9 Å². The fourth-order valence-corrected chi connectivity index (χ4v) is 4.42. The van der Waals surface area contributed by atoms with Gasteiger partial charge in [0.05, 0.1) is 5.75 Å². The second-order valence-corrected chi connectivity index (χ2v) is 7.48. The van der Waals surface area contributed by atoms with Crippen LogP contribution in [0.5, 0.6) is 0 Å². The minimum atomic E-state index is -0.248. The number of amides is 1. The Labute approximate surface area is 148 Å². The van der Waals surface area contributed by atoms with Gasteiger partial charge in [0.25, 0.3) is 0 Å². The molecule has 0 saturated carbocycles. The number of carbonyl (C=O) groups excluding carboxylic acids is 1. The smallest absolute Gasteiger partial charge is 0.343 e. The molecule has 0 spiro atoms. The van der Waals surface area contributed by atoms with Crippen LogP contribution in [0, 0.1) is 0 Å². The Morgan fingerprint density at radius 3 is 3.25 bits per heavy atom. The number of aromatic nitrogens is 3. The van der Waals surface area contributed by atoms with Crippen molar-refractivity contribution in [1.29, 1.82) is 0 Å². The molecule has 0 aromatic carbocycles. The number of nitrogens with zero attached hydrogens (tertiary/aromatic N) is 3. The first-order valence-corrected chi connectivity index (χ1v) is 9.65. The zero-order valence-electron chi connectivity index (χ0n) is 13.5. The molecule has 0 bridgehead atoms. The Balaban J connectivity index is 1.56. The van der Waals surface area contributed by atoms with Crippen LogP contribution in [-0.2, 0) is 29.0 Å². The number of carbonyl (C=O) groups is 1. The van der Waals surface area contributed by atoms with Crippen LogP contribution in [-0.4, -0.2) is 51.6 Å². The molecule has 0 radical (unpaired) electrons. The summed E-state index contributed by atoms with van der Waals surface area (Å²) < 4.78 is 6.57. The van der Waals surface area contributed by atoms with E-state index in [0.717, 1.165) is 19.4 Å². The summed E-state index contributed by atoms with van der Waals surface area (Å²) in [6, 6.07) is 2.09. The Bertz CT molecular complexity index is 752. The Hall–Kier alpha value is -1.58. The lowest BCUT2D eigenvalue weighted by Gasteiger charge is -2.26. The predicted molar refractivity (Wildman–Crippen MR) is 93.5 cm³/mol. The highest BCUT2D eigenvalue weighted by Gasteiger charge is 2.22. The fourth-order valence-electron chi connectivity index (χ4n) is 2.66. The van der Waals surface area contributed by atoms with Crippen LogP contribution in [0.25, 0.3) is 0 Å². The average Bonchev–Trinajstić information content (AvgIpc) is 3.19. The maximum absolute atomic E-state index is 12.4. The Morgan fingerprint density at radius 2 is 2.42 bits per heavy atom. The fraction of sp³-hybridized carbons (Fsp3) is 0.533. The summed E-state index contributed by atoms with van der Waals surface area (Å²) in [6.07, 6.45) is 1.65. The molecule has 2 aromatic rings. The summed E-state index contributed by atoms with van der Waals surface area (Å²) in [5.41, 5.74) is 1.00. The number of methoxy groups -OCH3 is 1. The second-order valence-electron chi connectivity index (χ2n) is 5.53. The number of ether oxygens (including phenoxy) is 1. The van der Waals surface area contributed by atoms with E-state index >= 15 is 0 Å². The highest BCUT2D eigenvalue weighted by atomic mass is 32.2. The van der Waals surface area contributed by atoms with E-state index in [9.17, 15) is 9.59 Å². The van der Waals surface area contributed by atoms with Gasteiger partial charge in [-0.2, -0.15) is 0 Å². The molecule has 1 aliphatic heterocycles. The average molecular weight is 368 g/mol. The molecule has 0 aliphatic carbocycles. The van der Waals surface area contributed by atoms with Gasteiger partial charge in [0.2, 0.25) is 5.91 Å². The van der Waals surface area contributed by atoms with Gasteiger partial charge in [0, 0.05) is 38.2 Å². The summed E-state index contributed by atoms with van der Waals surface area (Å²) in [7, 11) is 1.63. The first-order valence-electron chi connectivity index (χ1n) is 7.79. The highest BCUT2D eigenvalue weighted by Crippen LogP contribution is 2.25. The minimum Gasteiger partial charge on any atom is -0.385 e. The van der Waals surface area contributed by atoms with E-state index in [1.807, 2.05) is 4.90 Å². The SMILES string of the molecule is COCCCn1c(SCC(=O)N2CCc3sccc3C2)n[nH]c1=O. The first-order chi connectivity index (χ1) is 11.7. The molecule has 0 atom stereocenters. The van der Waals surface area contributed by atoms with Crippen molar-refractivity contribution < 1.29 is 9.53 Å². The van der Waals surface area contributed by atoms with Crippen LogP contribution in [0.4, 0.5) is 0 Å². The van der Waals surface area contributed by atoms with Gasteiger partial charge >= 0.3 is 5.69 Å². The largest absolute Gasteiger partial charge is 0.385 e. The Kier molecular flexibility index (Phi) is 5.75. The van der Waals surface area contributed by atoms with Crippen LogP contribution < -0.4 is 5.69 Å². The molecule has 0 fully saturated rings. The topological polar surface area (TPSA) is 80.2 Å². The number of H-pyrrole nitrogens is 1. The number of aromatic amines is 1. The van der Waals surface area contributed by atoms with E-state index in [0.29, 0.717) is 24.9 Å². The van der Waals surface area contributed by atoms with Crippen LogP contribution >= 0.6 is 23.1 Å². The minimum absolute atomic E-state index is 0.0794. The molecule has 1 amide bonds. The predicted octanol–water partition coefficient (Wildman–Crippen LogP) is 1.35. The monoisotopic (exact) mass is 368 g/mol. The number of thioether (sulfide) groups is 1.